The van der Waals surface area contributed by atoms with Gasteiger partial charge in [0.05, 0.1) is 11.1 Å². The lowest BCUT2D eigenvalue weighted by atomic mass is 9.67. The van der Waals surface area contributed by atoms with Gasteiger partial charge in [0.1, 0.15) is 0 Å². The van der Waals surface area contributed by atoms with Gasteiger partial charge in [0.25, 0.3) is 0 Å². The number of amides is 1. The topological polar surface area (TPSA) is 57.3 Å². The van der Waals surface area contributed by atoms with Crippen LogP contribution in [-0.2, 0) is 11.3 Å². The monoisotopic (exact) mass is 450 g/mol. The van der Waals surface area contributed by atoms with E-state index in [9.17, 15) is 4.79 Å². The van der Waals surface area contributed by atoms with E-state index in [1.165, 1.54) is 19.3 Å². The fourth-order valence-corrected chi connectivity index (χ4v) is 4.98. The molecule has 2 aliphatic heterocycles. The first-order valence-electron chi connectivity index (χ1n) is 9.90. The van der Waals surface area contributed by atoms with Gasteiger partial charge in [0.15, 0.2) is 0 Å². The SMILES string of the molecule is Cl.Cl.Cl.O=C(NC1CCN(Cc2ccccn2)CC1)[C@@]12CCCC[C@H]1CNC2. The molecule has 0 radical (unpaired) electrons. The molecule has 3 fully saturated rings. The van der Waals surface area contributed by atoms with Crippen LogP contribution in [0.4, 0.5) is 0 Å². The summed E-state index contributed by atoms with van der Waals surface area (Å²) in [7, 11) is 0. The van der Waals surface area contributed by atoms with Crippen LogP contribution >= 0.6 is 37.2 Å². The first-order chi connectivity index (χ1) is 12.3. The van der Waals surface area contributed by atoms with Gasteiger partial charge in [0.2, 0.25) is 5.91 Å². The van der Waals surface area contributed by atoms with Crippen molar-refractivity contribution in [2.24, 2.45) is 11.3 Å². The molecular formula is C20H33Cl3N4O. The summed E-state index contributed by atoms with van der Waals surface area (Å²) in [6.07, 6.45) is 8.72. The number of hydrogen-bond donors (Lipinski definition) is 2. The van der Waals surface area contributed by atoms with Crippen molar-refractivity contribution in [3.8, 4) is 0 Å². The summed E-state index contributed by atoms with van der Waals surface area (Å²) in [6, 6.07) is 6.43. The number of piperidine rings is 1. The van der Waals surface area contributed by atoms with Crippen molar-refractivity contribution in [1.29, 1.82) is 0 Å². The summed E-state index contributed by atoms with van der Waals surface area (Å²) < 4.78 is 0. The van der Waals surface area contributed by atoms with E-state index in [1.54, 1.807) is 0 Å². The van der Waals surface area contributed by atoms with Crippen LogP contribution < -0.4 is 10.6 Å². The molecule has 5 nitrogen and oxygen atoms in total. The molecule has 1 amide bonds. The fraction of sp³-hybridized carbons (Fsp3) is 0.700. The molecule has 0 spiro atoms. The van der Waals surface area contributed by atoms with Gasteiger partial charge in [-0.25, -0.2) is 0 Å². The van der Waals surface area contributed by atoms with Gasteiger partial charge in [-0.2, -0.15) is 0 Å². The Bertz CT molecular complexity index is 598. The molecule has 28 heavy (non-hydrogen) atoms. The number of halogens is 3. The first-order valence-corrected chi connectivity index (χ1v) is 9.90. The number of pyridine rings is 1. The highest BCUT2D eigenvalue weighted by Crippen LogP contribution is 2.44. The van der Waals surface area contributed by atoms with Crippen molar-refractivity contribution in [1.82, 2.24) is 20.5 Å². The Kier molecular flexibility index (Phi) is 10.5. The number of aromatic nitrogens is 1. The van der Waals surface area contributed by atoms with Crippen LogP contribution in [-0.4, -0.2) is 48.0 Å². The smallest absolute Gasteiger partial charge is 0.228 e. The highest BCUT2D eigenvalue weighted by Gasteiger charge is 2.50. The zero-order chi connectivity index (χ0) is 17.1. The molecule has 2 N–H and O–H groups in total. The van der Waals surface area contributed by atoms with Crippen LogP contribution in [0.2, 0.25) is 0 Å². The minimum atomic E-state index is -0.122. The third-order valence-corrected chi connectivity index (χ3v) is 6.52. The lowest BCUT2D eigenvalue weighted by Gasteiger charge is -2.39. The number of nitrogens with one attached hydrogen (secondary N) is 2. The molecule has 4 rings (SSSR count). The maximum absolute atomic E-state index is 13.1. The predicted molar refractivity (Wildman–Crippen MR) is 120 cm³/mol. The van der Waals surface area contributed by atoms with Gasteiger partial charge in [-0.15, -0.1) is 37.2 Å². The van der Waals surface area contributed by atoms with Gasteiger partial charge in [-0.3, -0.25) is 14.7 Å². The van der Waals surface area contributed by atoms with Crippen LogP contribution in [0.15, 0.2) is 24.4 Å². The molecule has 8 heteroatoms. The summed E-state index contributed by atoms with van der Waals surface area (Å²) >= 11 is 0. The Hall–Kier alpha value is -0.590. The van der Waals surface area contributed by atoms with Gasteiger partial charge >= 0.3 is 0 Å². The van der Waals surface area contributed by atoms with Crippen molar-refractivity contribution in [3.05, 3.63) is 30.1 Å². The minimum absolute atomic E-state index is 0. The van der Waals surface area contributed by atoms with Crippen molar-refractivity contribution in [2.45, 2.75) is 51.1 Å². The van der Waals surface area contributed by atoms with Crippen LogP contribution in [0.25, 0.3) is 0 Å². The average Bonchev–Trinajstić information content (AvgIpc) is 3.10. The molecule has 2 saturated heterocycles. The summed E-state index contributed by atoms with van der Waals surface area (Å²) in [5.41, 5.74) is 1.01. The van der Waals surface area contributed by atoms with Crippen molar-refractivity contribution >= 4 is 43.1 Å². The summed E-state index contributed by atoms with van der Waals surface area (Å²) in [5, 5.41) is 6.90. The fourth-order valence-electron chi connectivity index (χ4n) is 4.98. The normalized spacial score (nSPS) is 27.5. The predicted octanol–water partition coefficient (Wildman–Crippen LogP) is 3.21. The number of nitrogens with zero attached hydrogens (tertiary/aromatic N) is 2. The molecular weight excluding hydrogens is 419 g/mol. The maximum Gasteiger partial charge on any atom is 0.228 e. The van der Waals surface area contributed by atoms with E-state index in [4.69, 9.17) is 0 Å². The number of rotatable bonds is 4. The van der Waals surface area contributed by atoms with Gasteiger partial charge in [-0.05, 0) is 50.3 Å². The molecule has 1 saturated carbocycles. The van der Waals surface area contributed by atoms with Crippen LogP contribution in [0, 0.1) is 11.3 Å². The highest BCUT2D eigenvalue weighted by molar-refractivity contribution is 5.86. The Morgan fingerprint density at radius 2 is 1.96 bits per heavy atom. The van der Waals surface area contributed by atoms with E-state index in [2.05, 4.69) is 26.6 Å². The van der Waals surface area contributed by atoms with Crippen LogP contribution in [0.5, 0.6) is 0 Å². The Labute approximate surface area is 187 Å². The highest BCUT2D eigenvalue weighted by atomic mass is 35.5. The largest absolute Gasteiger partial charge is 0.353 e. The van der Waals surface area contributed by atoms with E-state index in [0.717, 1.165) is 57.7 Å². The molecule has 3 aliphatic rings. The van der Waals surface area contributed by atoms with Crippen molar-refractivity contribution < 1.29 is 4.79 Å². The van der Waals surface area contributed by atoms with E-state index < -0.39 is 0 Å². The molecule has 1 aromatic rings. The van der Waals surface area contributed by atoms with Gasteiger partial charge < -0.3 is 10.6 Å². The summed E-state index contributed by atoms with van der Waals surface area (Å²) in [4.78, 5) is 19.9. The molecule has 2 atom stereocenters. The van der Waals surface area contributed by atoms with Crippen LogP contribution in [0.1, 0.15) is 44.2 Å². The maximum atomic E-state index is 13.1. The number of fused-ring (bicyclic) bond motifs is 1. The van der Waals surface area contributed by atoms with Crippen molar-refractivity contribution in [2.75, 3.05) is 26.2 Å². The van der Waals surface area contributed by atoms with Gasteiger partial charge in [0, 0.05) is 38.4 Å². The van der Waals surface area contributed by atoms with Crippen LogP contribution in [0.3, 0.4) is 0 Å². The zero-order valence-electron chi connectivity index (χ0n) is 16.3. The lowest BCUT2D eigenvalue weighted by molar-refractivity contribution is -0.135. The number of likely N-dealkylation sites (tertiary alicyclic amines) is 1. The Balaban J connectivity index is 0.00000131. The van der Waals surface area contributed by atoms with E-state index in [1.807, 2.05) is 18.3 Å². The molecule has 0 unspecified atom stereocenters. The van der Waals surface area contributed by atoms with E-state index in [-0.39, 0.29) is 42.6 Å². The third kappa shape index (κ3) is 5.51. The molecule has 1 aromatic heterocycles. The molecule has 0 bridgehead atoms. The molecule has 1 aliphatic carbocycles. The Morgan fingerprint density at radius 1 is 1.18 bits per heavy atom. The quantitative estimate of drug-likeness (QED) is 0.738. The third-order valence-electron chi connectivity index (χ3n) is 6.52. The van der Waals surface area contributed by atoms with E-state index in [0.29, 0.717) is 17.9 Å². The second kappa shape index (κ2) is 11.6. The number of carbonyl (C=O) groups is 1. The van der Waals surface area contributed by atoms with Crippen molar-refractivity contribution in [3.63, 3.8) is 0 Å². The second-order valence-electron chi connectivity index (χ2n) is 8.07. The standard InChI is InChI=1S/C20H30N4O.3ClH/c25-19(20-9-3-1-5-16(20)13-21-15-20)23-17-7-11-24(12-8-17)14-18-6-2-4-10-22-18;;;/h2,4,6,10,16-17,21H,1,3,5,7-9,11-15H2,(H,23,25);3*1H/t16-,20+;;;/m0.../s1. The second-order valence-corrected chi connectivity index (χ2v) is 8.07. The molecule has 3 heterocycles. The Morgan fingerprint density at radius 3 is 2.68 bits per heavy atom. The molecule has 0 aromatic carbocycles. The lowest BCUT2D eigenvalue weighted by Crippen LogP contribution is -2.53. The summed E-state index contributed by atoms with van der Waals surface area (Å²) in [6.45, 7) is 4.89. The first kappa shape index (κ1) is 25.4. The zero-order valence-corrected chi connectivity index (χ0v) is 18.7. The number of carbonyl (C=O) groups excluding carboxylic acids is 1. The summed E-state index contributed by atoms with van der Waals surface area (Å²) in [5.74, 6) is 0.871. The number of hydrogen-bond acceptors (Lipinski definition) is 4. The minimum Gasteiger partial charge on any atom is -0.353 e. The van der Waals surface area contributed by atoms with Gasteiger partial charge in [-0.1, -0.05) is 18.9 Å². The average molecular weight is 452 g/mol. The van der Waals surface area contributed by atoms with E-state index >= 15 is 0 Å². The molecule has 160 valence electrons.